The summed E-state index contributed by atoms with van der Waals surface area (Å²) in [5.74, 6) is 0.645. The molecule has 2 heteroatoms. The first-order chi connectivity index (χ1) is 9.36. The number of benzene rings is 1. The van der Waals surface area contributed by atoms with Gasteiger partial charge in [-0.05, 0) is 56.7 Å². The lowest BCUT2D eigenvalue weighted by atomic mass is 9.98. The summed E-state index contributed by atoms with van der Waals surface area (Å²) in [7, 11) is 0. The second-order valence-electron chi connectivity index (χ2n) is 5.63. The standard InChI is InChI=1S/C17H27NO/c1-15(16-7-3-2-4-8-16)11-13-18-12-5-9-17-10-6-14-19-17/h2-4,7-8,15,17-18H,5-6,9-14H2,1H3. The molecule has 0 radical (unpaired) electrons. The van der Waals surface area contributed by atoms with Crippen LogP contribution in [0.3, 0.4) is 0 Å². The molecular weight excluding hydrogens is 234 g/mol. The van der Waals surface area contributed by atoms with E-state index in [9.17, 15) is 0 Å². The molecule has 0 saturated carbocycles. The first-order valence-electron chi connectivity index (χ1n) is 7.73. The minimum absolute atomic E-state index is 0.546. The highest BCUT2D eigenvalue weighted by Gasteiger charge is 2.14. The van der Waals surface area contributed by atoms with Gasteiger partial charge in [0.05, 0.1) is 6.10 Å². The fourth-order valence-corrected chi connectivity index (χ4v) is 2.72. The summed E-state index contributed by atoms with van der Waals surface area (Å²) in [6.07, 6.45) is 6.75. The fourth-order valence-electron chi connectivity index (χ4n) is 2.72. The zero-order valence-corrected chi connectivity index (χ0v) is 12.1. The average Bonchev–Trinajstić information content (AvgIpc) is 2.96. The van der Waals surface area contributed by atoms with Gasteiger partial charge in [0.25, 0.3) is 0 Å². The summed E-state index contributed by atoms with van der Waals surface area (Å²) < 4.78 is 5.63. The van der Waals surface area contributed by atoms with Gasteiger partial charge in [0.2, 0.25) is 0 Å². The zero-order valence-electron chi connectivity index (χ0n) is 12.1. The maximum atomic E-state index is 5.63. The van der Waals surface area contributed by atoms with Crippen LogP contribution in [-0.4, -0.2) is 25.8 Å². The van der Waals surface area contributed by atoms with E-state index in [2.05, 4.69) is 42.6 Å². The van der Waals surface area contributed by atoms with Crippen LogP contribution in [0.1, 0.15) is 50.5 Å². The zero-order chi connectivity index (χ0) is 13.3. The summed E-state index contributed by atoms with van der Waals surface area (Å²) in [5.41, 5.74) is 1.45. The number of hydrogen-bond acceptors (Lipinski definition) is 2. The minimum Gasteiger partial charge on any atom is -0.378 e. The molecule has 0 aliphatic carbocycles. The van der Waals surface area contributed by atoms with Gasteiger partial charge in [-0.3, -0.25) is 0 Å². The van der Waals surface area contributed by atoms with E-state index in [0.717, 1.165) is 19.7 Å². The van der Waals surface area contributed by atoms with Crippen LogP contribution in [0.25, 0.3) is 0 Å². The predicted molar refractivity (Wildman–Crippen MR) is 80.6 cm³/mol. The van der Waals surface area contributed by atoms with Crippen LogP contribution >= 0.6 is 0 Å². The second-order valence-corrected chi connectivity index (χ2v) is 5.63. The third-order valence-corrected chi connectivity index (χ3v) is 4.03. The molecule has 0 bridgehead atoms. The molecule has 0 aromatic heterocycles. The Bertz CT molecular complexity index is 332. The van der Waals surface area contributed by atoms with Crippen LogP contribution in [0.5, 0.6) is 0 Å². The molecule has 2 rings (SSSR count). The Labute approximate surface area is 117 Å². The van der Waals surface area contributed by atoms with Crippen LogP contribution in [0.4, 0.5) is 0 Å². The maximum Gasteiger partial charge on any atom is 0.0576 e. The Kier molecular flexibility index (Phi) is 6.38. The molecule has 0 spiro atoms. The van der Waals surface area contributed by atoms with Crippen LogP contribution in [0, 0.1) is 0 Å². The quantitative estimate of drug-likeness (QED) is 0.720. The van der Waals surface area contributed by atoms with Gasteiger partial charge < -0.3 is 10.1 Å². The third-order valence-electron chi connectivity index (χ3n) is 4.03. The molecule has 1 fully saturated rings. The molecule has 2 nitrogen and oxygen atoms in total. The Morgan fingerprint density at radius 3 is 2.84 bits per heavy atom. The molecule has 106 valence electrons. The Morgan fingerprint density at radius 2 is 2.11 bits per heavy atom. The minimum atomic E-state index is 0.546. The van der Waals surface area contributed by atoms with Crippen LogP contribution in [0.15, 0.2) is 30.3 Å². The number of rotatable bonds is 8. The number of nitrogens with one attached hydrogen (secondary N) is 1. The highest BCUT2D eigenvalue weighted by atomic mass is 16.5. The molecule has 0 amide bonds. The van der Waals surface area contributed by atoms with Crippen molar-refractivity contribution in [1.82, 2.24) is 5.32 Å². The van der Waals surface area contributed by atoms with Crippen LogP contribution < -0.4 is 5.32 Å². The van der Waals surface area contributed by atoms with Crippen molar-refractivity contribution in [3.05, 3.63) is 35.9 Å². The summed E-state index contributed by atoms with van der Waals surface area (Å²) in [6, 6.07) is 10.8. The van der Waals surface area contributed by atoms with E-state index in [0.29, 0.717) is 12.0 Å². The molecule has 1 heterocycles. The Hall–Kier alpha value is -0.860. The Balaban J connectivity index is 1.49. The smallest absolute Gasteiger partial charge is 0.0576 e. The first kappa shape index (κ1) is 14.5. The van der Waals surface area contributed by atoms with E-state index < -0.39 is 0 Å². The van der Waals surface area contributed by atoms with Gasteiger partial charge in [-0.2, -0.15) is 0 Å². The van der Waals surface area contributed by atoms with Gasteiger partial charge in [-0.15, -0.1) is 0 Å². The highest BCUT2D eigenvalue weighted by molar-refractivity contribution is 5.18. The average molecular weight is 261 g/mol. The molecule has 1 saturated heterocycles. The monoisotopic (exact) mass is 261 g/mol. The van der Waals surface area contributed by atoms with Gasteiger partial charge in [0, 0.05) is 6.61 Å². The molecule has 1 aliphatic heterocycles. The molecule has 19 heavy (non-hydrogen) atoms. The van der Waals surface area contributed by atoms with Gasteiger partial charge in [-0.1, -0.05) is 37.3 Å². The number of ether oxygens (including phenoxy) is 1. The van der Waals surface area contributed by atoms with E-state index in [-0.39, 0.29) is 0 Å². The maximum absolute atomic E-state index is 5.63. The molecular formula is C17H27NO. The molecule has 2 unspecified atom stereocenters. The second kappa shape index (κ2) is 8.34. The van der Waals surface area contributed by atoms with Crippen molar-refractivity contribution in [1.29, 1.82) is 0 Å². The normalized spacial score (nSPS) is 20.6. The molecule has 1 aromatic carbocycles. The Morgan fingerprint density at radius 1 is 1.26 bits per heavy atom. The first-order valence-corrected chi connectivity index (χ1v) is 7.73. The van der Waals surface area contributed by atoms with Crippen molar-refractivity contribution in [2.24, 2.45) is 0 Å². The van der Waals surface area contributed by atoms with Crippen LogP contribution in [-0.2, 0) is 4.74 Å². The van der Waals surface area contributed by atoms with Crippen LogP contribution in [0.2, 0.25) is 0 Å². The third kappa shape index (κ3) is 5.33. The van der Waals surface area contributed by atoms with Gasteiger partial charge in [0.15, 0.2) is 0 Å². The van der Waals surface area contributed by atoms with E-state index in [1.807, 2.05) is 0 Å². The van der Waals surface area contributed by atoms with Gasteiger partial charge >= 0.3 is 0 Å². The SMILES string of the molecule is CC(CCNCCCC1CCCO1)c1ccccc1. The van der Waals surface area contributed by atoms with Crippen molar-refractivity contribution in [3.63, 3.8) is 0 Å². The van der Waals surface area contributed by atoms with E-state index in [1.54, 1.807) is 0 Å². The van der Waals surface area contributed by atoms with Crippen molar-refractivity contribution < 1.29 is 4.74 Å². The predicted octanol–water partition coefficient (Wildman–Crippen LogP) is 3.73. The summed E-state index contributed by atoms with van der Waals surface area (Å²) in [6.45, 7) is 5.53. The van der Waals surface area contributed by atoms with Crippen molar-refractivity contribution in [3.8, 4) is 0 Å². The topological polar surface area (TPSA) is 21.3 Å². The van der Waals surface area contributed by atoms with E-state index in [4.69, 9.17) is 4.74 Å². The van der Waals surface area contributed by atoms with Crippen molar-refractivity contribution in [2.75, 3.05) is 19.7 Å². The molecule has 1 aliphatic rings. The lowest BCUT2D eigenvalue weighted by Crippen LogP contribution is -2.19. The summed E-state index contributed by atoms with van der Waals surface area (Å²) in [4.78, 5) is 0. The highest BCUT2D eigenvalue weighted by Crippen LogP contribution is 2.18. The number of hydrogen-bond donors (Lipinski definition) is 1. The lowest BCUT2D eigenvalue weighted by molar-refractivity contribution is 0.102. The van der Waals surface area contributed by atoms with Crippen molar-refractivity contribution in [2.45, 2.75) is 51.0 Å². The largest absolute Gasteiger partial charge is 0.378 e. The van der Waals surface area contributed by atoms with Gasteiger partial charge in [0.1, 0.15) is 0 Å². The van der Waals surface area contributed by atoms with Gasteiger partial charge in [-0.25, -0.2) is 0 Å². The summed E-state index contributed by atoms with van der Waals surface area (Å²) in [5, 5.41) is 3.55. The fraction of sp³-hybridized carbons (Fsp3) is 0.647. The summed E-state index contributed by atoms with van der Waals surface area (Å²) >= 11 is 0. The molecule has 2 atom stereocenters. The molecule has 1 N–H and O–H groups in total. The van der Waals surface area contributed by atoms with Crippen molar-refractivity contribution >= 4 is 0 Å². The molecule has 1 aromatic rings. The van der Waals surface area contributed by atoms with E-state index >= 15 is 0 Å². The lowest BCUT2D eigenvalue weighted by Gasteiger charge is -2.13. The van der Waals surface area contributed by atoms with E-state index in [1.165, 1.54) is 37.7 Å².